The molecule has 1 aromatic carbocycles. The number of para-hydroxylation sites is 1. The van der Waals surface area contributed by atoms with E-state index in [0.717, 1.165) is 5.01 Å². The molecule has 29 heavy (non-hydrogen) atoms. The average Bonchev–Trinajstić information content (AvgIpc) is 2.56. The topological polar surface area (TPSA) is 106 Å². The maximum atomic E-state index is 12.8. The lowest BCUT2D eigenvalue weighted by atomic mass is 10.2. The molecule has 0 fully saturated rings. The van der Waals surface area contributed by atoms with Crippen LogP contribution in [0.5, 0.6) is 0 Å². The van der Waals surface area contributed by atoms with E-state index in [1.807, 2.05) is 0 Å². The van der Waals surface area contributed by atoms with Gasteiger partial charge in [-0.05, 0) is 60.6 Å². The molecule has 1 rings (SSSR count). The Bertz CT molecular complexity index is 694. The molecule has 9 nitrogen and oxygen atoms in total. The summed E-state index contributed by atoms with van der Waals surface area (Å²) >= 11 is 0. The summed E-state index contributed by atoms with van der Waals surface area (Å²) in [7, 11) is 0. The number of esters is 1. The molecule has 1 unspecified atom stereocenters. The van der Waals surface area contributed by atoms with Gasteiger partial charge in [0.05, 0.1) is 6.61 Å². The molecule has 0 heterocycles. The molecule has 0 saturated carbocycles. The number of hydrazine groups is 1. The molecule has 1 atom stereocenters. The second-order valence-electron chi connectivity index (χ2n) is 8.13. The number of anilines is 1. The first-order valence-corrected chi connectivity index (χ1v) is 9.32. The second-order valence-corrected chi connectivity index (χ2v) is 8.13. The number of amides is 2. The quantitative estimate of drug-likeness (QED) is 0.331. The Kier molecular flexibility index (Phi) is 8.29. The minimum absolute atomic E-state index is 0.0837. The van der Waals surface area contributed by atoms with Crippen LogP contribution in [0, 0.1) is 0 Å². The summed E-state index contributed by atoms with van der Waals surface area (Å²) in [6.07, 6.45) is -3.27. The van der Waals surface area contributed by atoms with Gasteiger partial charge in [0.25, 0.3) is 0 Å². The van der Waals surface area contributed by atoms with Gasteiger partial charge in [0.2, 0.25) is 6.17 Å². The molecule has 0 aliphatic heterocycles. The zero-order chi connectivity index (χ0) is 22.2. The number of hydrogen-bond donors (Lipinski definition) is 2. The molecule has 2 N–H and O–H groups in total. The van der Waals surface area contributed by atoms with Crippen LogP contribution in [0.15, 0.2) is 30.3 Å². The first kappa shape index (κ1) is 24.1. The van der Waals surface area contributed by atoms with E-state index < -0.39 is 35.5 Å². The Balaban J connectivity index is 3.23. The van der Waals surface area contributed by atoms with Gasteiger partial charge >= 0.3 is 18.2 Å². The van der Waals surface area contributed by atoms with Gasteiger partial charge in [0, 0.05) is 5.69 Å². The first-order valence-electron chi connectivity index (χ1n) is 9.32. The van der Waals surface area contributed by atoms with Gasteiger partial charge in [-0.3, -0.25) is 0 Å². The number of ether oxygens (including phenoxy) is 3. The Hall–Kier alpha value is -2.97. The maximum Gasteiger partial charge on any atom is 0.431 e. The van der Waals surface area contributed by atoms with Gasteiger partial charge < -0.3 is 19.5 Å². The van der Waals surface area contributed by atoms with Gasteiger partial charge in [-0.15, -0.1) is 0 Å². The fourth-order valence-corrected chi connectivity index (χ4v) is 2.07. The first-order chi connectivity index (χ1) is 13.3. The highest BCUT2D eigenvalue weighted by Gasteiger charge is 2.36. The molecular formula is C20H31N3O6. The van der Waals surface area contributed by atoms with Gasteiger partial charge in [-0.25, -0.2) is 19.8 Å². The number of rotatable bonds is 5. The van der Waals surface area contributed by atoms with E-state index in [1.165, 1.54) is 0 Å². The molecule has 2 amide bonds. The molecule has 162 valence electrons. The average molecular weight is 409 g/mol. The Labute approximate surface area is 171 Å². The summed E-state index contributed by atoms with van der Waals surface area (Å²) in [5, 5.41) is 3.61. The molecular weight excluding hydrogens is 378 g/mol. The van der Waals surface area contributed by atoms with Crippen LogP contribution >= 0.6 is 0 Å². The van der Waals surface area contributed by atoms with E-state index in [4.69, 9.17) is 14.2 Å². The fourth-order valence-electron chi connectivity index (χ4n) is 2.07. The summed E-state index contributed by atoms with van der Waals surface area (Å²) in [6.45, 7) is 11.7. The molecule has 0 spiro atoms. The second kappa shape index (κ2) is 9.99. The van der Waals surface area contributed by atoms with Crippen LogP contribution in [-0.4, -0.2) is 47.1 Å². The van der Waals surface area contributed by atoms with E-state index >= 15 is 0 Å². The minimum Gasteiger partial charge on any atom is -0.463 e. The highest BCUT2D eigenvalue weighted by atomic mass is 16.6. The van der Waals surface area contributed by atoms with E-state index in [2.05, 4.69) is 10.7 Å². The number of nitrogens with one attached hydrogen (secondary N) is 2. The predicted octanol–water partition coefficient (Wildman–Crippen LogP) is 3.66. The van der Waals surface area contributed by atoms with Crippen LogP contribution in [0.4, 0.5) is 15.3 Å². The van der Waals surface area contributed by atoms with Gasteiger partial charge in [-0.1, -0.05) is 18.2 Å². The number of nitrogens with zero attached hydrogens (tertiary/aromatic N) is 1. The van der Waals surface area contributed by atoms with E-state index in [9.17, 15) is 14.4 Å². The lowest BCUT2D eigenvalue weighted by molar-refractivity contribution is -0.149. The van der Waals surface area contributed by atoms with Gasteiger partial charge in [-0.2, -0.15) is 5.01 Å². The normalized spacial score (nSPS) is 12.4. The van der Waals surface area contributed by atoms with Gasteiger partial charge in [0.1, 0.15) is 11.2 Å². The van der Waals surface area contributed by atoms with Crippen LogP contribution in [0.2, 0.25) is 0 Å². The Morgan fingerprint density at radius 3 is 2.00 bits per heavy atom. The molecule has 1 aromatic rings. The zero-order valence-corrected chi connectivity index (χ0v) is 18.1. The number of carbonyl (C=O) groups is 3. The summed E-state index contributed by atoms with van der Waals surface area (Å²) in [5.74, 6) is -0.779. The number of hydrogen-bond acceptors (Lipinski definition) is 7. The molecule has 0 bridgehead atoms. The largest absolute Gasteiger partial charge is 0.463 e. The van der Waals surface area contributed by atoms with Crippen molar-refractivity contribution < 1.29 is 28.6 Å². The SMILES string of the molecule is CCOC(=O)C(Nc1ccccc1)N(NC(=O)OC(C)(C)C)C(=O)OC(C)(C)C. The fraction of sp³-hybridized carbons (Fsp3) is 0.550. The Morgan fingerprint density at radius 2 is 1.52 bits per heavy atom. The minimum atomic E-state index is -1.39. The lowest BCUT2D eigenvalue weighted by Gasteiger charge is -2.33. The Morgan fingerprint density at radius 1 is 0.966 bits per heavy atom. The summed E-state index contributed by atoms with van der Waals surface area (Å²) in [5.41, 5.74) is 1.15. The van der Waals surface area contributed by atoms with Crippen LogP contribution < -0.4 is 10.7 Å². The van der Waals surface area contributed by atoms with Crippen molar-refractivity contribution in [1.29, 1.82) is 0 Å². The van der Waals surface area contributed by atoms with Crippen LogP contribution in [0.1, 0.15) is 48.5 Å². The summed E-state index contributed by atoms with van der Waals surface area (Å²) < 4.78 is 15.6. The third-order valence-electron chi connectivity index (χ3n) is 3.05. The smallest absolute Gasteiger partial charge is 0.431 e. The van der Waals surface area contributed by atoms with Crippen molar-refractivity contribution in [3.05, 3.63) is 30.3 Å². The van der Waals surface area contributed by atoms with Crippen molar-refractivity contribution in [2.24, 2.45) is 0 Å². The zero-order valence-electron chi connectivity index (χ0n) is 18.1. The molecule has 9 heteroatoms. The van der Waals surface area contributed by atoms with Crippen molar-refractivity contribution in [2.45, 2.75) is 65.8 Å². The summed E-state index contributed by atoms with van der Waals surface area (Å²) in [4.78, 5) is 37.7. The lowest BCUT2D eigenvalue weighted by Crippen LogP contribution is -2.59. The third kappa shape index (κ3) is 9.18. The highest BCUT2D eigenvalue weighted by Crippen LogP contribution is 2.15. The summed E-state index contributed by atoms with van der Waals surface area (Å²) in [6, 6.07) is 8.71. The van der Waals surface area contributed by atoms with Crippen LogP contribution in [0.3, 0.4) is 0 Å². The molecule has 0 aromatic heterocycles. The number of carbonyl (C=O) groups excluding carboxylic acids is 3. The monoisotopic (exact) mass is 409 g/mol. The van der Waals surface area contributed by atoms with Crippen molar-refractivity contribution >= 4 is 23.8 Å². The number of benzene rings is 1. The van der Waals surface area contributed by atoms with E-state index in [-0.39, 0.29) is 6.61 Å². The predicted molar refractivity (Wildman–Crippen MR) is 108 cm³/mol. The van der Waals surface area contributed by atoms with Crippen molar-refractivity contribution in [3.63, 3.8) is 0 Å². The maximum absolute atomic E-state index is 12.8. The van der Waals surface area contributed by atoms with Crippen molar-refractivity contribution in [1.82, 2.24) is 10.4 Å². The van der Waals surface area contributed by atoms with Crippen LogP contribution in [-0.2, 0) is 19.0 Å². The van der Waals surface area contributed by atoms with Gasteiger partial charge in [0.15, 0.2) is 0 Å². The molecule has 0 aliphatic carbocycles. The highest BCUT2D eigenvalue weighted by molar-refractivity contribution is 5.85. The van der Waals surface area contributed by atoms with E-state index in [1.54, 1.807) is 78.8 Å². The molecule has 0 saturated heterocycles. The van der Waals surface area contributed by atoms with Crippen molar-refractivity contribution in [2.75, 3.05) is 11.9 Å². The molecule has 0 radical (unpaired) electrons. The van der Waals surface area contributed by atoms with Crippen molar-refractivity contribution in [3.8, 4) is 0 Å². The van der Waals surface area contributed by atoms with Crippen LogP contribution in [0.25, 0.3) is 0 Å². The standard InChI is InChI=1S/C20H31N3O6/c1-8-27-16(24)15(21-14-12-10-9-11-13-14)23(18(26)29-20(5,6)7)22-17(25)28-19(2,3)4/h9-13,15,21H,8H2,1-7H3,(H,22,25). The third-order valence-corrected chi connectivity index (χ3v) is 3.05. The van der Waals surface area contributed by atoms with E-state index in [0.29, 0.717) is 5.69 Å². The molecule has 0 aliphatic rings.